The molecule has 0 radical (unpaired) electrons. The van der Waals surface area contributed by atoms with Gasteiger partial charge in [-0.05, 0) is 35.6 Å². The lowest BCUT2D eigenvalue weighted by atomic mass is 10.1. The van der Waals surface area contributed by atoms with Crippen LogP contribution in [0.3, 0.4) is 0 Å². The van der Waals surface area contributed by atoms with Crippen molar-refractivity contribution in [3.63, 3.8) is 0 Å². The molecule has 104 valence electrons. The van der Waals surface area contributed by atoms with Gasteiger partial charge in [-0.1, -0.05) is 11.2 Å². The smallest absolute Gasteiger partial charge is 0.175 e. The van der Waals surface area contributed by atoms with Gasteiger partial charge in [0.25, 0.3) is 0 Å². The van der Waals surface area contributed by atoms with E-state index in [-0.39, 0.29) is 11.4 Å². The van der Waals surface area contributed by atoms with Gasteiger partial charge in [0.15, 0.2) is 5.84 Å². The third-order valence-electron chi connectivity index (χ3n) is 3.50. The van der Waals surface area contributed by atoms with Gasteiger partial charge in [0.1, 0.15) is 5.82 Å². The minimum atomic E-state index is -0.478. The van der Waals surface area contributed by atoms with Crippen LogP contribution < -0.4 is 10.6 Å². The Kier molecular flexibility index (Phi) is 3.31. The number of rotatable bonds is 2. The second-order valence-electron chi connectivity index (χ2n) is 4.66. The fraction of sp³-hybridized carbons (Fsp3) is 0.214. The van der Waals surface area contributed by atoms with Crippen LogP contribution in [-0.4, -0.2) is 17.6 Å². The lowest BCUT2D eigenvalue weighted by Gasteiger charge is -2.30. The average Bonchev–Trinajstić information content (AvgIpc) is 2.93. The summed E-state index contributed by atoms with van der Waals surface area (Å²) in [7, 11) is 0. The van der Waals surface area contributed by atoms with Gasteiger partial charge in [-0.15, -0.1) is 11.3 Å². The highest BCUT2D eigenvalue weighted by atomic mass is 32.1. The molecule has 0 amide bonds. The van der Waals surface area contributed by atoms with Gasteiger partial charge in [-0.25, -0.2) is 4.39 Å². The lowest BCUT2D eigenvalue weighted by molar-refractivity contribution is 0.318. The van der Waals surface area contributed by atoms with Crippen molar-refractivity contribution in [2.45, 2.75) is 13.0 Å². The highest BCUT2D eigenvalue weighted by Gasteiger charge is 2.22. The van der Waals surface area contributed by atoms with E-state index >= 15 is 0 Å². The Bertz CT molecular complexity index is 668. The summed E-state index contributed by atoms with van der Waals surface area (Å²) < 4.78 is 14.0. The molecule has 6 heteroatoms. The highest BCUT2D eigenvalue weighted by molar-refractivity contribution is 7.10. The molecular weight excluding hydrogens is 277 g/mol. The minimum absolute atomic E-state index is 0.161. The second-order valence-corrected chi connectivity index (χ2v) is 5.66. The van der Waals surface area contributed by atoms with Crippen molar-refractivity contribution in [1.29, 1.82) is 0 Å². The Morgan fingerprint density at radius 1 is 1.40 bits per heavy atom. The molecule has 1 aromatic carbocycles. The molecule has 4 nitrogen and oxygen atoms in total. The first-order valence-electron chi connectivity index (χ1n) is 6.27. The summed E-state index contributed by atoms with van der Waals surface area (Å²) >= 11 is 1.75. The van der Waals surface area contributed by atoms with Crippen LogP contribution >= 0.6 is 11.3 Å². The Balaban J connectivity index is 2.02. The van der Waals surface area contributed by atoms with Crippen LogP contribution in [0.25, 0.3) is 0 Å². The molecule has 2 heterocycles. The van der Waals surface area contributed by atoms with Gasteiger partial charge in [-0.3, -0.25) is 0 Å². The van der Waals surface area contributed by atoms with Gasteiger partial charge in [-0.2, -0.15) is 0 Å². The predicted molar refractivity (Wildman–Crippen MR) is 78.0 cm³/mol. The van der Waals surface area contributed by atoms with Gasteiger partial charge in [0, 0.05) is 18.0 Å². The first-order valence-corrected chi connectivity index (χ1v) is 7.15. The van der Waals surface area contributed by atoms with E-state index in [2.05, 4.69) is 21.5 Å². The summed E-state index contributed by atoms with van der Waals surface area (Å²) in [6.45, 7) is 1.51. The zero-order valence-corrected chi connectivity index (χ0v) is 11.5. The molecule has 0 saturated carbocycles. The molecule has 1 aliphatic rings. The van der Waals surface area contributed by atoms with Crippen molar-refractivity contribution in [1.82, 2.24) is 0 Å². The van der Waals surface area contributed by atoms with Gasteiger partial charge in [0.2, 0.25) is 0 Å². The first kappa shape index (κ1) is 12.9. The maximum absolute atomic E-state index is 14.0. The fourth-order valence-corrected chi connectivity index (χ4v) is 3.42. The zero-order valence-electron chi connectivity index (χ0n) is 10.7. The molecule has 0 saturated heterocycles. The summed E-state index contributed by atoms with van der Waals surface area (Å²) in [6.07, 6.45) is 0.930. The predicted octanol–water partition coefficient (Wildman–Crippen LogP) is 2.54. The van der Waals surface area contributed by atoms with Gasteiger partial charge < -0.3 is 15.8 Å². The normalized spacial score (nSPS) is 15.2. The molecular formula is C14H14FN3OS. The summed E-state index contributed by atoms with van der Waals surface area (Å²) in [5.74, 6) is -0.678. The number of halogens is 1. The molecule has 3 rings (SSSR count). The molecule has 0 spiro atoms. The van der Waals surface area contributed by atoms with Crippen LogP contribution in [0.4, 0.5) is 10.1 Å². The van der Waals surface area contributed by atoms with Crippen LogP contribution in [0.15, 0.2) is 34.8 Å². The third kappa shape index (κ3) is 2.12. The molecule has 0 bridgehead atoms. The van der Waals surface area contributed by atoms with Gasteiger partial charge >= 0.3 is 0 Å². The minimum Gasteiger partial charge on any atom is -0.409 e. The molecule has 0 fully saturated rings. The molecule has 1 aliphatic heterocycles. The number of fused-ring (bicyclic) bond motifs is 1. The number of nitrogens with zero attached hydrogens (tertiary/aromatic N) is 2. The number of benzene rings is 1. The Morgan fingerprint density at radius 2 is 2.25 bits per heavy atom. The van der Waals surface area contributed by atoms with Crippen molar-refractivity contribution >= 4 is 22.9 Å². The largest absolute Gasteiger partial charge is 0.409 e. The first-order chi connectivity index (χ1) is 9.70. The SMILES string of the molecule is NC(=NO)c1c(F)cccc1N1CCc2sccc2C1. The number of hydrogen-bond acceptors (Lipinski definition) is 4. The molecule has 2 aromatic rings. The number of thiophene rings is 1. The summed E-state index contributed by atoms with van der Waals surface area (Å²) in [4.78, 5) is 3.44. The standard InChI is InChI=1S/C14H14FN3OS/c15-10-2-1-3-11(13(10)14(16)17-19)18-6-4-12-9(8-18)5-7-20-12/h1-3,5,7,19H,4,6,8H2,(H2,16,17). The monoisotopic (exact) mass is 291 g/mol. The number of anilines is 1. The number of nitrogens with two attached hydrogens (primary N) is 1. The van der Waals surface area contributed by atoms with Crippen LogP contribution in [0.2, 0.25) is 0 Å². The third-order valence-corrected chi connectivity index (χ3v) is 4.53. The van der Waals surface area contributed by atoms with E-state index in [0.717, 1.165) is 13.0 Å². The molecule has 0 unspecified atom stereocenters. The second kappa shape index (κ2) is 5.13. The van der Waals surface area contributed by atoms with Crippen molar-refractivity contribution in [2.24, 2.45) is 10.9 Å². The molecule has 0 atom stereocenters. The van der Waals surface area contributed by atoms with Gasteiger partial charge in [0.05, 0.1) is 11.3 Å². The summed E-state index contributed by atoms with van der Waals surface area (Å²) in [6, 6.07) is 6.85. The van der Waals surface area contributed by atoms with E-state index in [4.69, 9.17) is 10.9 Å². The van der Waals surface area contributed by atoms with Crippen LogP contribution in [0.1, 0.15) is 16.0 Å². The number of oxime groups is 1. The highest BCUT2D eigenvalue weighted by Crippen LogP contribution is 2.30. The van der Waals surface area contributed by atoms with E-state index in [9.17, 15) is 4.39 Å². The van der Waals surface area contributed by atoms with E-state index in [1.165, 1.54) is 16.5 Å². The Labute approximate surface area is 119 Å². The number of amidine groups is 1. The summed E-state index contributed by atoms with van der Waals surface area (Å²) in [5.41, 5.74) is 7.70. The fourth-order valence-electron chi connectivity index (χ4n) is 2.53. The van der Waals surface area contributed by atoms with Crippen molar-refractivity contribution < 1.29 is 9.60 Å². The van der Waals surface area contributed by atoms with Crippen LogP contribution in [0, 0.1) is 5.82 Å². The van der Waals surface area contributed by atoms with Crippen LogP contribution in [0.5, 0.6) is 0 Å². The quantitative estimate of drug-likeness (QED) is 0.387. The molecule has 0 aliphatic carbocycles. The average molecular weight is 291 g/mol. The van der Waals surface area contributed by atoms with Crippen molar-refractivity contribution in [2.75, 3.05) is 11.4 Å². The van der Waals surface area contributed by atoms with Crippen molar-refractivity contribution in [3.05, 3.63) is 51.5 Å². The Hall–Kier alpha value is -2.08. The van der Waals surface area contributed by atoms with E-state index < -0.39 is 5.82 Å². The maximum atomic E-state index is 14.0. The zero-order chi connectivity index (χ0) is 14.1. The van der Waals surface area contributed by atoms with E-state index in [1.807, 2.05) is 0 Å². The number of hydrogen-bond donors (Lipinski definition) is 2. The maximum Gasteiger partial charge on any atom is 0.175 e. The topological polar surface area (TPSA) is 61.9 Å². The molecule has 3 N–H and O–H groups in total. The molecule has 1 aromatic heterocycles. The Morgan fingerprint density at radius 3 is 3.05 bits per heavy atom. The lowest BCUT2D eigenvalue weighted by Crippen LogP contribution is -2.32. The van der Waals surface area contributed by atoms with Crippen molar-refractivity contribution in [3.8, 4) is 0 Å². The summed E-state index contributed by atoms with van der Waals surface area (Å²) in [5, 5.41) is 13.9. The van der Waals surface area contributed by atoms with E-state index in [1.54, 1.807) is 23.5 Å². The van der Waals surface area contributed by atoms with E-state index in [0.29, 0.717) is 12.2 Å². The molecule has 20 heavy (non-hydrogen) atoms. The van der Waals surface area contributed by atoms with Crippen LogP contribution in [-0.2, 0) is 13.0 Å².